The molecule has 1 saturated heterocycles. The van der Waals surface area contributed by atoms with Crippen LogP contribution in [-0.2, 0) is 14.6 Å². The van der Waals surface area contributed by atoms with Crippen molar-refractivity contribution in [1.29, 1.82) is 0 Å². The van der Waals surface area contributed by atoms with E-state index in [-0.39, 0.29) is 29.3 Å². The van der Waals surface area contributed by atoms with Gasteiger partial charge < -0.3 is 5.32 Å². The summed E-state index contributed by atoms with van der Waals surface area (Å²) in [6.45, 7) is 5.60. The van der Waals surface area contributed by atoms with E-state index in [1.807, 2.05) is 13.8 Å². The summed E-state index contributed by atoms with van der Waals surface area (Å²) >= 11 is 0. The summed E-state index contributed by atoms with van der Waals surface area (Å²) in [4.78, 5) is 12.2. The second-order valence-electron chi connectivity index (χ2n) is 5.04. The summed E-state index contributed by atoms with van der Waals surface area (Å²) in [7, 11) is -3.04. The summed E-state index contributed by atoms with van der Waals surface area (Å²) in [5.41, 5.74) is -0.343. The first-order chi connectivity index (χ1) is 7.28. The maximum atomic E-state index is 12.2. The Balaban J connectivity index is 2.70. The molecule has 1 aliphatic rings. The Morgan fingerprint density at radius 3 is 2.44 bits per heavy atom. The molecule has 1 heterocycles. The van der Waals surface area contributed by atoms with E-state index in [0.717, 1.165) is 13.0 Å². The van der Waals surface area contributed by atoms with E-state index in [4.69, 9.17) is 0 Å². The number of carbonyl (C=O) groups excluding carboxylic acids is 1. The van der Waals surface area contributed by atoms with Crippen LogP contribution in [0, 0.1) is 11.3 Å². The lowest BCUT2D eigenvalue weighted by Crippen LogP contribution is -2.39. The average Bonchev–Trinajstić information content (AvgIpc) is 2.62. The van der Waals surface area contributed by atoms with Crippen molar-refractivity contribution in [3.8, 4) is 0 Å². The molecule has 1 N–H and O–H groups in total. The van der Waals surface area contributed by atoms with E-state index in [2.05, 4.69) is 5.32 Å². The summed E-state index contributed by atoms with van der Waals surface area (Å²) in [5, 5.41) is 3.20. The molecule has 0 aromatic carbocycles. The monoisotopic (exact) mass is 247 g/mol. The Morgan fingerprint density at radius 1 is 1.44 bits per heavy atom. The molecule has 0 aromatic heterocycles. The minimum Gasteiger partial charge on any atom is -0.316 e. The van der Waals surface area contributed by atoms with E-state index in [9.17, 15) is 13.2 Å². The molecular weight excluding hydrogens is 226 g/mol. The number of Topliss-reactive ketones (excluding diaryl/α,β-unsaturated/α-hetero) is 1. The van der Waals surface area contributed by atoms with Gasteiger partial charge in [0.25, 0.3) is 0 Å². The molecule has 1 fully saturated rings. The van der Waals surface area contributed by atoms with Gasteiger partial charge in [-0.25, -0.2) is 8.42 Å². The van der Waals surface area contributed by atoms with Gasteiger partial charge in [0.15, 0.2) is 0 Å². The van der Waals surface area contributed by atoms with Crippen molar-refractivity contribution in [2.24, 2.45) is 11.3 Å². The summed E-state index contributed by atoms with van der Waals surface area (Å²) in [6, 6.07) is 0. The minimum absolute atomic E-state index is 0.0275. The third-order valence-electron chi connectivity index (χ3n) is 3.55. The Bertz CT molecular complexity index is 353. The van der Waals surface area contributed by atoms with Gasteiger partial charge in [0, 0.05) is 24.6 Å². The number of hydrogen-bond donors (Lipinski definition) is 1. The molecule has 0 radical (unpaired) electrons. The highest BCUT2D eigenvalue weighted by atomic mass is 32.2. The highest BCUT2D eigenvalue weighted by Crippen LogP contribution is 2.36. The summed E-state index contributed by atoms with van der Waals surface area (Å²) in [6.07, 6.45) is 2.15. The predicted octanol–water partition coefficient (Wildman–Crippen LogP) is 0.626. The number of ketones is 1. The molecule has 1 atom stereocenters. The van der Waals surface area contributed by atoms with Crippen molar-refractivity contribution >= 4 is 15.6 Å². The second-order valence-corrected chi connectivity index (χ2v) is 7.30. The van der Waals surface area contributed by atoms with E-state index < -0.39 is 9.84 Å². The molecule has 0 saturated carbocycles. The third-order valence-corrected chi connectivity index (χ3v) is 4.49. The molecule has 1 rings (SSSR count). The Kier molecular flexibility index (Phi) is 4.12. The highest BCUT2D eigenvalue weighted by molar-refractivity contribution is 7.90. The molecule has 5 heteroatoms. The summed E-state index contributed by atoms with van der Waals surface area (Å²) in [5.74, 6) is 0.327. The standard InChI is InChI=1S/C11H21NO3S/c1-9(2)11(5-6-12-8-11)10(13)4-7-16(3,14)15/h9,12H,4-8H2,1-3H3. The zero-order chi connectivity index (χ0) is 12.4. The van der Waals surface area contributed by atoms with Crippen LogP contribution in [0.2, 0.25) is 0 Å². The van der Waals surface area contributed by atoms with Crippen molar-refractivity contribution in [3.63, 3.8) is 0 Å². The molecular formula is C11H21NO3S. The van der Waals surface area contributed by atoms with E-state index in [1.165, 1.54) is 6.26 Å². The van der Waals surface area contributed by atoms with Crippen LogP contribution >= 0.6 is 0 Å². The smallest absolute Gasteiger partial charge is 0.147 e. The van der Waals surface area contributed by atoms with Crippen molar-refractivity contribution in [1.82, 2.24) is 5.32 Å². The molecule has 0 spiro atoms. The van der Waals surface area contributed by atoms with Crippen molar-refractivity contribution in [3.05, 3.63) is 0 Å². The van der Waals surface area contributed by atoms with Gasteiger partial charge in [-0.3, -0.25) is 4.79 Å². The Hall–Kier alpha value is -0.420. The molecule has 0 bridgehead atoms. The van der Waals surface area contributed by atoms with Crippen LogP contribution in [-0.4, -0.2) is 39.3 Å². The quantitative estimate of drug-likeness (QED) is 0.774. The molecule has 4 nitrogen and oxygen atoms in total. The maximum Gasteiger partial charge on any atom is 0.147 e. The lowest BCUT2D eigenvalue weighted by Gasteiger charge is -2.30. The lowest BCUT2D eigenvalue weighted by molar-refractivity contribution is -0.129. The molecule has 1 unspecified atom stereocenters. The first-order valence-electron chi connectivity index (χ1n) is 5.70. The van der Waals surface area contributed by atoms with Crippen LogP contribution in [0.1, 0.15) is 26.7 Å². The molecule has 0 amide bonds. The first-order valence-corrected chi connectivity index (χ1v) is 7.76. The minimum atomic E-state index is -3.04. The lowest BCUT2D eigenvalue weighted by atomic mass is 9.72. The van der Waals surface area contributed by atoms with Crippen molar-refractivity contribution in [2.45, 2.75) is 26.7 Å². The number of nitrogens with one attached hydrogen (secondary N) is 1. The number of sulfone groups is 1. The van der Waals surface area contributed by atoms with Crippen LogP contribution in [0.25, 0.3) is 0 Å². The Labute approximate surface area is 97.7 Å². The predicted molar refractivity (Wildman–Crippen MR) is 64.1 cm³/mol. The normalized spacial score (nSPS) is 26.2. The SMILES string of the molecule is CC(C)C1(C(=O)CCS(C)(=O)=O)CCNC1. The van der Waals surface area contributed by atoms with E-state index in [1.54, 1.807) is 0 Å². The van der Waals surface area contributed by atoms with Gasteiger partial charge in [0.1, 0.15) is 15.6 Å². The zero-order valence-corrected chi connectivity index (χ0v) is 11.1. The number of carbonyl (C=O) groups is 1. The van der Waals surface area contributed by atoms with Crippen LogP contribution in [0.3, 0.4) is 0 Å². The fourth-order valence-corrected chi connectivity index (χ4v) is 2.85. The molecule has 0 aromatic rings. The molecule has 0 aliphatic carbocycles. The Morgan fingerprint density at radius 2 is 2.06 bits per heavy atom. The average molecular weight is 247 g/mol. The van der Waals surface area contributed by atoms with Crippen LogP contribution < -0.4 is 5.32 Å². The summed E-state index contributed by atoms with van der Waals surface area (Å²) < 4.78 is 22.1. The topological polar surface area (TPSA) is 63.2 Å². The van der Waals surface area contributed by atoms with Gasteiger partial charge in [0.05, 0.1) is 5.75 Å². The van der Waals surface area contributed by atoms with Gasteiger partial charge >= 0.3 is 0 Å². The van der Waals surface area contributed by atoms with Crippen molar-refractivity contribution in [2.75, 3.05) is 25.1 Å². The van der Waals surface area contributed by atoms with Crippen LogP contribution in [0.15, 0.2) is 0 Å². The van der Waals surface area contributed by atoms with Gasteiger partial charge in [0.2, 0.25) is 0 Å². The molecule has 16 heavy (non-hydrogen) atoms. The van der Waals surface area contributed by atoms with E-state index >= 15 is 0 Å². The fourth-order valence-electron chi connectivity index (χ4n) is 2.29. The fraction of sp³-hybridized carbons (Fsp3) is 0.909. The number of hydrogen-bond acceptors (Lipinski definition) is 4. The van der Waals surface area contributed by atoms with Gasteiger partial charge in [-0.05, 0) is 18.9 Å². The molecule has 1 aliphatic heterocycles. The van der Waals surface area contributed by atoms with Gasteiger partial charge in [-0.15, -0.1) is 0 Å². The van der Waals surface area contributed by atoms with E-state index in [0.29, 0.717) is 6.54 Å². The third kappa shape index (κ3) is 3.04. The maximum absolute atomic E-state index is 12.2. The van der Waals surface area contributed by atoms with Gasteiger partial charge in [-0.2, -0.15) is 0 Å². The largest absolute Gasteiger partial charge is 0.316 e. The van der Waals surface area contributed by atoms with Crippen LogP contribution in [0.4, 0.5) is 0 Å². The second kappa shape index (κ2) is 4.84. The number of rotatable bonds is 5. The highest BCUT2D eigenvalue weighted by Gasteiger charge is 2.43. The van der Waals surface area contributed by atoms with Crippen molar-refractivity contribution < 1.29 is 13.2 Å². The van der Waals surface area contributed by atoms with Crippen LogP contribution in [0.5, 0.6) is 0 Å². The van der Waals surface area contributed by atoms with Gasteiger partial charge in [-0.1, -0.05) is 13.8 Å². The zero-order valence-electron chi connectivity index (χ0n) is 10.2. The first kappa shape index (κ1) is 13.6. The molecule has 94 valence electrons.